The molecule has 0 atom stereocenters. The van der Waals surface area contributed by atoms with Gasteiger partial charge in [0.1, 0.15) is 5.82 Å². The van der Waals surface area contributed by atoms with Crippen LogP contribution in [0.4, 0.5) is 32.0 Å². The van der Waals surface area contributed by atoms with E-state index in [4.69, 9.17) is 17.2 Å². The first-order valence-corrected chi connectivity index (χ1v) is 9.58. The number of carbonyl (C=O) groups excluding carboxylic acids is 1. The topological polar surface area (TPSA) is 107 Å². The van der Waals surface area contributed by atoms with Crippen LogP contribution in [0.1, 0.15) is 27.0 Å². The Hall–Kier alpha value is -4.15. The van der Waals surface area contributed by atoms with Crippen LogP contribution in [0.2, 0.25) is 0 Å². The smallest absolute Gasteiger partial charge is 0.398 e. The van der Waals surface area contributed by atoms with Crippen molar-refractivity contribution in [1.29, 1.82) is 0 Å². The number of halogens is 6. The summed E-state index contributed by atoms with van der Waals surface area (Å²) in [5.41, 5.74) is 15.0. The first kappa shape index (κ1) is 24.5. The number of benzene rings is 3. The standard InChI is InChI=1S/C23H18F6N4O/c24-22(25,26)14-9-15(23(27,28)29)11-16(10-14)33-20(31)18-4-2-1-3-17(18)19(30)12-5-7-13(8-6-12)21(32)34/h1-11,33H,30-31H2,(H2,32,34)/b19-17-,20-18+. The molecular formula is C23H18F6N4O. The maximum Gasteiger partial charge on any atom is 0.416 e. The molecule has 0 aliphatic rings. The number of carbonyl (C=O) groups is 1. The van der Waals surface area contributed by atoms with E-state index >= 15 is 0 Å². The Bertz CT molecular complexity index is 1310. The monoisotopic (exact) mass is 480 g/mol. The number of hydrogen-bond acceptors (Lipinski definition) is 4. The van der Waals surface area contributed by atoms with Gasteiger partial charge in [-0.3, -0.25) is 4.79 Å². The second-order valence-electron chi connectivity index (χ2n) is 7.23. The predicted molar refractivity (Wildman–Crippen MR) is 115 cm³/mol. The Kier molecular flexibility index (Phi) is 6.49. The van der Waals surface area contributed by atoms with Crippen LogP contribution in [0.15, 0.2) is 66.7 Å². The van der Waals surface area contributed by atoms with Gasteiger partial charge in [0.25, 0.3) is 0 Å². The highest BCUT2D eigenvalue weighted by molar-refractivity contribution is 5.93. The van der Waals surface area contributed by atoms with Crippen molar-refractivity contribution in [3.63, 3.8) is 0 Å². The minimum absolute atomic E-state index is 0.0246. The summed E-state index contributed by atoms with van der Waals surface area (Å²) in [5.74, 6) is -0.855. The number of amides is 1. The highest BCUT2D eigenvalue weighted by Crippen LogP contribution is 2.37. The number of rotatable bonds is 4. The average Bonchev–Trinajstić information content (AvgIpc) is 2.77. The Morgan fingerprint density at radius 3 is 1.62 bits per heavy atom. The maximum absolute atomic E-state index is 13.2. The van der Waals surface area contributed by atoms with Gasteiger partial charge in [0.05, 0.1) is 11.1 Å². The van der Waals surface area contributed by atoms with Crippen LogP contribution in [-0.2, 0) is 12.4 Å². The molecule has 11 heteroatoms. The molecule has 0 radical (unpaired) electrons. The normalized spacial score (nSPS) is 13.8. The van der Waals surface area contributed by atoms with Crippen molar-refractivity contribution in [2.24, 2.45) is 17.2 Å². The molecule has 0 aliphatic heterocycles. The molecule has 3 aromatic rings. The summed E-state index contributed by atoms with van der Waals surface area (Å²) in [4.78, 5) is 11.3. The number of nitrogens with two attached hydrogens (primary N) is 3. The summed E-state index contributed by atoms with van der Waals surface area (Å²) in [6, 6.07) is 13.4. The van der Waals surface area contributed by atoms with Crippen LogP contribution in [0.3, 0.4) is 0 Å². The third-order valence-electron chi connectivity index (χ3n) is 4.85. The fourth-order valence-corrected chi connectivity index (χ4v) is 3.17. The molecule has 0 saturated carbocycles. The van der Waals surface area contributed by atoms with Crippen LogP contribution in [-0.4, -0.2) is 5.91 Å². The lowest BCUT2D eigenvalue weighted by atomic mass is 10.1. The molecule has 0 aromatic heterocycles. The first-order valence-electron chi connectivity index (χ1n) is 9.58. The van der Waals surface area contributed by atoms with Gasteiger partial charge in [0.15, 0.2) is 0 Å². The van der Waals surface area contributed by atoms with Gasteiger partial charge in [-0.2, -0.15) is 26.3 Å². The molecule has 5 nitrogen and oxygen atoms in total. The summed E-state index contributed by atoms with van der Waals surface area (Å²) >= 11 is 0. The molecule has 0 saturated heterocycles. The molecule has 0 spiro atoms. The predicted octanol–water partition coefficient (Wildman–Crippen LogP) is 3.07. The maximum atomic E-state index is 13.2. The van der Waals surface area contributed by atoms with Crippen LogP contribution in [0.5, 0.6) is 0 Å². The van der Waals surface area contributed by atoms with Crippen molar-refractivity contribution in [1.82, 2.24) is 0 Å². The van der Waals surface area contributed by atoms with Gasteiger partial charge in [-0.1, -0.05) is 36.4 Å². The van der Waals surface area contributed by atoms with Gasteiger partial charge >= 0.3 is 12.4 Å². The van der Waals surface area contributed by atoms with E-state index in [-0.39, 0.29) is 28.4 Å². The van der Waals surface area contributed by atoms with Crippen LogP contribution in [0.25, 0.3) is 11.5 Å². The van der Waals surface area contributed by atoms with Crippen molar-refractivity contribution < 1.29 is 31.1 Å². The summed E-state index contributed by atoms with van der Waals surface area (Å²) in [6.07, 6.45) is -10.0. The quantitative estimate of drug-likeness (QED) is 0.431. The largest absolute Gasteiger partial charge is 0.416 e. The van der Waals surface area contributed by atoms with E-state index in [9.17, 15) is 31.1 Å². The lowest BCUT2D eigenvalue weighted by Crippen LogP contribution is -2.36. The number of primary amides is 1. The second-order valence-corrected chi connectivity index (χ2v) is 7.23. The Labute approximate surface area is 189 Å². The molecule has 0 unspecified atom stereocenters. The first-order chi connectivity index (χ1) is 15.8. The van der Waals surface area contributed by atoms with E-state index < -0.39 is 35.1 Å². The summed E-state index contributed by atoms with van der Waals surface area (Å²) in [6.45, 7) is 0. The van der Waals surface area contributed by atoms with E-state index in [1.54, 1.807) is 18.2 Å². The molecule has 178 valence electrons. The lowest BCUT2D eigenvalue weighted by molar-refractivity contribution is -0.143. The Morgan fingerprint density at radius 1 is 0.676 bits per heavy atom. The highest BCUT2D eigenvalue weighted by Gasteiger charge is 2.37. The molecule has 0 aliphatic carbocycles. The lowest BCUT2D eigenvalue weighted by Gasteiger charge is -2.15. The van der Waals surface area contributed by atoms with Crippen molar-refractivity contribution in [3.8, 4) is 0 Å². The van der Waals surface area contributed by atoms with Crippen molar-refractivity contribution in [3.05, 3.63) is 99.4 Å². The zero-order valence-electron chi connectivity index (χ0n) is 17.3. The third-order valence-corrected chi connectivity index (χ3v) is 4.85. The van der Waals surface area contributed by atoms with E-state index in [2.05, 4.69) is 5.32 Å². The average molecular weight is 480 g/mol. The highest BCUT2D eigenvalue weighted by atomic mass is 19.4. The summed E-state index contributed by atoms with van der Waals surface area (Å²) in [5, 5.41) is 3.02. The number of alkyl halides is 6. The molecule has 7 N–H and O–H groups in total. The van der Waals surface area contributed by atoms with Crippen LogP contribution >= 0.6 is 0 Å². The minimum atomic E-state index is -5.00. The SMILES string of the molecule is NC(=O)c1ccc(/C(N)=c2\cccc\c2=C(\N)Nc2cc(C(F)(F)F)cc(C(F)(F)F)c2)cc1. The van der Waals surface area contributed by atoms with Crippen molar-refractivity contribution in [2.75, 3.05) is 5.32 Å². The van der Waals surface area contributed by atoms with Gasteiger partial charge in [-0.25, -0.2) is 0 Å². The number of hydrogen-bond donors (Lipinski definition) is 4. The van der Waals surface area contributed by atoms with E-state index in [1.807, 2.05) is 0 Å². The fraction of sp³-hybridized carbons (Fsp3) is 0.0870. The van der Waals surface area contributed by atoms with Crippen molar-refractivity contribution in [2.45, 2.75) is 12.4 Å². The van der Waals surface area contributed by atoms with Gasteiger partial charge in [0, 0.05) is 27.4 Å². The Morgan fingerprint density at radius 2 is 1.15 bits per heavy atom. The molecule has 0 fully saturated rings. The third kappa shape index (κ3) is 5.42. The molecular weight excluding hydrogens is 462 g/mol. The molecule has 0 bridgehead atoms. The van der Waals surface area contributed by atoms with Crippen LogP contribution in [0, 0.1) is 0 Å². The fourth-order valence-electron chi connectivity index (χ4n) is 3.17. The van der Waals surface area contributed by atoms with Gasteiger partial charge in [-0.05, 0) is 35.9 Å². The van der Waals surface area contributed by atoms with E-state index in [1.165, 1.54) is 30.3 Å². The van der Waals surface area contributed by atoms with E-state index in [0.717, 1.165) is 0 Å². The minimum Gasteiger partial charge on any atom is -0.398 e. The van der Waals surface area contributed by atoms with Gasteiger partial charge in [0.2, 0.25) is 5.91 Å². The molecule has 0 heterocycles. The number of anilines is 1. The zero-order chi connectivity index (χ0) is 25.3. The zero-order valence-corrected chi connectivity index (χ0v) is 17.3. The van der Waals surface area contributed by atoms with E-state index in [0.29, 0.717) is 22.9 Å². The molecule has 1 amide bonds. The molecule has 34 heavy (non-hydrogen) atoms. The van der Waals surface area contributed by atoms with Crippen molar-refractivity contribution >= 4 is 23.1 Å². The van der Waals surface area contributed by atoms with Gasteiger partial charge in [-0.15, -0.1) is 0 Å². The second kappa shape index (κ2) is 9.00. The summed E-state index contributed by atoms with van der Waals surface area (Å²) in [7, 11) is 0. The Balaban J connectivity index is 2.16. The van der Waals surface area contributed by atoms with Crippen LogP contribution < -0.4 is 33.0 Å². The molecule has 3 rings (SSSR count). The van der Waals surface area contributed by atoms with Gasteiger partial charge < -0.3 is 22.5 Å². The summed E-state index contributed by atoms with van der Waals surface area (Å²) < 4.78 is 78.9. The molecule has 3 aromatic carbocycles. The number of nitrogens with one attached hydrogen (secondary N) is 1.